The van der Waals surface area contributed by atoms with Crippen molar-refractivity contribution in [2.75, 3.05) is 26.7 Å². The summed E-state index contributed by atoms with van der Waals surface area (Å²) in [6.45, 7) is 4.46. The second-order valence-electron chi connectivity index (χ2n) is 8.40. The Hall–Kier alpha value is -1.40. The Kier molecular flexibility index (Phi) is 4.82. The molecular weight excluding hydrogens is 328 g/mol. The largest absolute Gasteiger partial charge is 0.378 e. The minimum Gasteiger partial charge on any atom is -0.378 e. The summed E-state index contributed by atoms with van der Waals surface area (Å²) in [5.74, 6) is 0.518. The number of hydrogen-bond acceptors (Lipinski definition) is 4. The summed E-state index contributed by atoms with van der Waals surface area (Å²) in [5.41, 5.74) is 1.37. The van der Waals surface area contributed by atoms with Crippen LogP contribution in [0.1, 0.15) is 50.5 Å². The van der Waals surface area contributed by atoms with Crippen molar-refractivity contribution in [1.29, 1.82) is 0 Å². The molecule has 4 atom stereocenters. The lowest BCUT2D eigenvalue weighted by molar-refractivity contribution is -0.174. The van der Waals surface area contributed by atoms with Gasteiger partial charge in [0.25, 0.3) is 0 Å². The van der Waals surface area contributed by atoms with Crippen LogP contribution >= 0.6 is 0 Å². The van der Waals surface area contributed by atoms with Crippen molar-refractivity contribution in [3.8, 4) is 0 Å². The maximum absolute atomic E-state index is 13.4. The highest BCUT2D eigenvalue weighted by molar-refractivity contribution is 5.81. The highest BCUT2D eigenvalue weighted by Crippen LogP contribution is 2.56. The lowest BCUT2D eigenvalue weighted by Gasteiger charge is -2.57. The molecule has 2 aliphatic carbocycles. The fraction of sp³-hybridized carbons (Fsp3) is 0.800. The van der Waals surface area contributed by atoms with E-state index in [-0.39, 0.29) is 23.2 Å². The number of ether oxygens (including phenoxy) is 1. The zero-order valence-corrected chi connectivity index (χ0v) is 16.3. The van der Waals surface area contributed by atoms with E-state index in [9.17, 15) is 4.79 Å². The van der Waals surface area contributed by atoms with Crippen LogP contribution in [0.15, 0.2) is 12.4 Å². The average Bonchev–Trinajstić information content (AvgIpc) is 3.36. The molecule has 1 amide bonds. The molecule has 26 heavy (non-hydrogen) atoms. The van der Waals surface area contributed by atoms with Crippen LogP contribution in [0.5, 0.6) is 0 Å². The number of aryl methyl sites for hydroxylation is 1. The predicted molar refractivity (Wildman–Crippen MR) is 99.8 cm³/mol. The minimum absolute atomic E-state index is 0.00814. The molecule has 4 rings (SSSR count). The SMILES string of the molecule is CCOC1CC(N(C)C(=O)[C@H]2CNC[C@@H]2c2cnn(C)c2)C12CCCC2. The molecule has 6 heteroatoms. The summed E-state index contributed by atoms with van der Waals surface area (Å²) in [6.07, 6.45) is 10.2. The van der Waals surface area contributed by atoms with Crippen LogP contribution in [0.3, 0.4) is 0 Å². The number of nitrogens with one attached hydrogen (secondary N) is 1. The number of aromatic nitrogens is 2. The van der Waals surface area contributed by atoms with E-state index in [1.54, 1.807) is 0 Å². The minimum atomic E-state index is 0.00814. The summed E-state index contributed by atoms with van der Waals surface area (Å²) in [6, 6.07) is 0.337. The van der Waals surface area contributed by atoms with Crippen molar-refractivity contribution < 1.29 is 9.53 Å². The molecule has 0 bridgehead atoms. The van der Waals surface area contributed by atoms with E-state index >= 15 is 0 Å². The van der Waals surface area contributed by atoms with Crippen molar-refractivity contribution in [3.63, 3.8) is 0 Å². The van der Waals surface area contributed by atoms with Crippen LogP contribution in [0, 0.1) is 11.3 Å². The lowest BCUT2D eigenvalue weighted by atomic mass is 9.60. The van der Waals surface area contributed by atoms with Gasteiger partial charge in [-0.3, -0.25) is 9.48 Å². The van der Waals surface area contributed by atoms with Crippen LogP contribution in [0.2, 0.25) is 0 Å². The molecule has 2 unspecified atom stereocenters. The van der Waals surface area contributed by atoms with E-state index in [1.807, 2.05) is 31.2 Å². The maximum Gasteiger partial charge on any atom is 0.227 e. The van der Waals surface area contributed by atoms with Crippen molar-refractivity contribution in [3.05, 3.63) is 18.0 Å². The Morgan fingerprint density at radius 1 is 1.42 bits per heavy atom. The Labute approximate surface area is 156 Å². The third-order valence-corrected chi connectivity index (χ3v) is 7.14. The normalized spacial score (nSPS) is 32.7. The quantitative estimate of drug-likeness (QED) is 0.872. The summed E-state index contributed by atoms with van der Waals surface area (Å²) in [4.78, 5) is 15.5. The first-order chi connectivity index (χ1) is 12.6. The first kappa shape index (κ1) is 18.0. The second kappa shape index (κ2) is 6.97. The van der Waals surface area contributed by atoms with Crippen molar-refractivity contribution >= 4 is 5.91 Å². The third-order valence-electron chi connectivity index (χ3n) is 7.14. The topological polar surface area (TPSA) is 59.4 Å². The first-order valence-electron chi connectivity index (χ1n) is 10.1. The fourth-order valence-electron chi connectivity index (χ4n) is 5.73. The molecule has 1 spiro atoms. The van der Waals surface area contributed by atoms with Crippen LogP contribution in [-0.4, -0.2) is 59.5 Å². The number of nitrogens with zero attached hydrogens (tertiary/aromatic N) is 3. The van der Waals surface area contributed by atoms with Gasteiger partial charge in [-0.1, -0.05) is 12.8 Å². The number of rotatable bonds is 5. The highest BCUT2D eigenvalue weighted by atomic mass is 16.5. The predicted octanol–water partition coefficient (Wildman–Crippen LogP) is 1.92. The third kappa shape index (κ3) is 2.78. The summed E-state index contributed by atoms with van der Waals surface area (Å²) < 4.78 is 7.86. The van der Waals surface area contributed by atoms with Crippen LogP contribution in [0.25, 0.3) is 0 Å². The Bertz CT molecular complexity index is 652. The van der Waals surface area contributed by atoms with Gasteiger partial charge in [-0.25, -0.2) is 0 Å². The smallest absolute Gasteiger partial charge is 0.227 e. The maximum atomic E-state index is 13.4. The molecule has 1 aromatic heterocycles. The van der Waals surface area contributed by atoms with Gasteiger partial charge in [0.1, 0.15) is 0 Å². The van der Waals surface area contributed by atoms with Gasteiger partial charge in [-0.2, -0.15) is 5.10 Å². The molecule has 0 aromatic carbocycles. The monoisotopic (exact) mass is 360 g/mol. The van der Waals surface area contributed by atoms with E-state index in [0.29, 0.717) is 12.1 Å². The molecule has 144 valence electrons. The first-order valence-corrected chi connectivity index (χ1v) is 10.1. The summed E-state index contributed by atoms with van der Waals surface area (Å²) >= 11 is 0. The van der Waals surface area contributed by atoms with Crippen molar-refractivity contribution in [2.45, 2.75) is 57.1 Å². The number of carbonyl (C=O) groups excluding carboxylic acids is 1. The standard InChI is InChI=1S/C20H32N4O2/c1-4-26-18-9-17(20(18)7-5-6-8-20)24(3)19(25)16-12-21-11-15(16)14-10-22-23(2)13-14/h10,13,15-18,21H,4-9,11-12H2,1-3H3/t15-,16+,17?,18?/m1/s1. The van der Waals surface area contributed by atoms with E-state index in [0.717, 1.165) is 26.1 Å². The van der Waals surface area contributed by atoms with E-state index in [1.165, 1.54) is 31.2 Å². The molecule has 2 saturated carbocycles. The zero-order chi connectivity index (χ0) is 18.3. The van der Waals surface area contributed by atoms with E-state index < -0.39 is 0 Å². The molecule has 1 aliphatic heterocycles. The molecular formula is C20H32N4O2. The molecule has 6 nitrogen and oxygen atoms in total. The van der Waals surface area contributed by atoms with Gasteiger partial charge < -0.3 is 15.0 Å². The molecule has 3 aliphatic rings. The summed E-state index contributed by atoms with van der Waals surface area (Å²) in [7, 11) is 3.95. The van der Waals surface area contributed by atoms with Gasteiger partial charge in [-0.15, -0.1) is 0 Å². The average molecular weight is 361 g/mol. The van der Waals surface area contributed by atoms with Gasteiger partial charge in [0.05, 0.1) is 18.2 Å². The van der Waals surface area contributed by atoms with Gasteiger partial charge in [0.15, 0.2) is 0 Å². The van der Waals surface area contributed by atoms with Crippen molar-refractivity contribution in [1.82, 2.24) is 20.0 Å². The van der Waals surface area contributed by atoms with E-state index in [2.05, 4.69) is 22.2 Å². The van der Waals surface area contributed by atoms with E-state index in [4.69, 9.17) is 4.74 Å². The Balaban J connectivity index is 1.49. The number of hydrogen-bond donors (Lipinski definition) is 1. The van der Waals surface area contributed by atoms with Gasteiger partial charge in [0, 0.05) is 57.4 Å². The fourth-order valence-corrected chi connectivity index (χ4v) is 5.73. The second-order valence-corrected chi connectivity index (χ2v) is 8.40. The summed E-state index contributed by atoms with van der Waals surface area (Å²) in [5, 5.41) is 7.72. The van der Waals surface area contributed by atoms with Crippen molar-refractivity contribution in [2.24, 2.45) is 18.4 Å². The molecule has 1 saturated heterocycles. The van der Waals surface area contributed by atoms with Gasteiger partial charge in [0.2, 0.25) is 5.91 Å². The zero-order valence-electron chi connectivity index (χ0n) is 16.3. The van der Waals surface area contributed by atoms with Crippen LogP contribution in [-0.2, 0) is 16.6 Å². The highest BCUT2D eigenvalue weighted by Gasteiger charge is 2.59. The Morgan fingerprint density at radius 2 is 2.19 bits per heavy atom. The van der Waals surface area contributed by atoms with Gasteiger partial charge >= 0.3 is 0 Å². The molecule has 1 N–H and O–H groups in total. The molecule has 0 radical (unpaired) electrons. The Morgan fingerprint density at radius 3 is 2.85 bits per heavy atom. The van der Waals surface area contributed by atoms with Crippen LogP contribution < -0.4 is 5.32 Å². The molecule has 2 heterocycles. The number of carbonyl (C=O) groups is 1. The van der Waals surface area contributed by atoms with Gasteiger partial charge in [-0.05, 0) is 31.7 Å². The molecule has 3 fully saturated rings. The number of amides is 1. The van der Waals surface area contributed by atoms with Crippen LogP contribution in [0.4, 0.5) is 0 Å². The molecule has 1 aromatic rings. The lowest BCUT2D eigenvalue weighted by Crippen LogP contribution is -2.64.